The van der Waals surface area contributed by atoms with Crippen LogP contribution in [-0.4, -0.2) is 5.60 Å². The molecule has 3 heteroatoms. The predicted octanol–water partition coefficient (Wildman–Crippen LogP) is 2.38. The molecule has 0 aliphatic heterocycles. The second-order valence-electron chi connectivity index (χ2n) is 4.30. The lowest BCUT2D eigenvalue weighted by Crippen LogP contribution is -2.28. The average molecular weight is 204 g/mol. The van der Waals surface area contributed by atoms with Gasteiger partial charge in [-0.1, -0.05) is 18.2 Å². The third kappa shape index (κ3) is 4.11. The summed E-state index contributed by atoms with van der Waals surface area (Å²) < 4.78 is 0. The summed E-state index contributed by atoms with van der Waals surface area (Å²) in [7, 11) is 0. The van der Waals surface area contributed by atoms with Gasteiger partial charge in [-0.25, -0.2) is 0 Å². The molecule has 0 radical (unpaired) electrons. The highest BCUT2D eigenvalue weighted by atomic mass is 16.7. The molecular formula is C12H16N2O. The van der Waals surface area contributed by atoms with E-state index in [4.69, 9.17) is 10.1 Å². The van der Waals surface area contributed by atoms with E-state index in [1.807, 2.05) is 39.0 Å². The number of hydrogen-bond donors (Lipinski definition) is 1. The third-order valence-electron chi connectivity index (χ3n) is 1.78. The molecule has 3 nitrogen and oxygen atoms in total. The number of nitrogens with one attached hydrogen (secondary N) is 1. The van der Waals surface area contributed by atoms with Crippen LogP contribution in [0.15, 0.2) is 24.3 Å². The summed E-state index contributed by atoms with van der Waals surface area (Å²) in [6.45, 7) is 6.45. The quantitative estimate of drug-likeness (QED) is 0.769. The van der Waals surface area contributed by atoms with Gasteiger partial charge in [0.15, 0.2) is 0 Å². The summed E-state index contributed by atoms with van der Waals surface area (Å²) in [5.41, 5.74) is 4.28. The van der Waals surface area contributed by atoms with E-state index in [9.17, 15) is 0 Å². The molecule has 15 heavy (non-hydrogen) atoms. The van der Waals surface area contributed by atoms with Gasteiger partial charge in [-0.2, -0.15) is 10.7 Å². The SMILES string of the molecule is CC(C)(C)ONCc1ccccc1C#N. The van der Waals surface area contributed by atoms with Crippen LogP contribution in [0.25, 0.3) is 0 Å². The Kier molecular flexibility index (Phi) is 3.84. The van der Waals surface area contributed by atoms with Gasteiger partial charge in [-0.3, -0.25) is 4.84 Å². The summed E-state index contributed by atoms with van der Waals surface area (Å²) in [6.07, 6.45) is 0. The van der Waals surface area contributed by atoms with E-state index in [-0.39, 0.29) is 5.60 Å². The normalized spacial score (nSPS) is 11.1. The lowest BCUT2D eigenvalue weighted by Gasteiger charge is -2.19. The van der Waals surface area contributed by atoms with Gasteiger partial charge in [0.25, 0.3) is 0 Å². The molecule has 0 spiro atoms. The first kappa shape index (κ1) is 11.7. The van der Waals surface area contributed by atoms with E-state index in [2.05, 4.69) is 11.5 Å². The van der Waals surface area contributed by atoms with Crippen molar-refractivity contribution in [3.05, 3.63) is 35.4 Å². The van der Waals surface area contributed by atoms with Crippen LogP contribution < -0.4 is 5.48 Å². The Balaban J connectivity index is 2.55. The summed E-state index contributed by atoms with van der Waals surface area (Å²) in [6, 6.07) is 9.63. The molecule has 1 rings (SSSR count). The third-order valence-corrected chi connectivity index (χ3v) is 1.78. The monoisotopic (exact) mass is 204 g/mol. The van der Waals surface area contributed by atoms with E-state index in [0.717, 1.165) is 5.56 Å². The Morgan fingerprint density at radius 2 is 2.00 bits per heavy atom. The molecule has 0 aliphatic rings. The van der Waals surface area contributed by atoms with E-state index in [1.165, 1.54) is 0 Å². The van der Waals surface area contributed by atoms with E-state index in [1.54, 1.807) is 6.07 Å². The minimum absolute atomic E-state index is 0.221. The van der Waals surface area contributed by atoms with Crippen molar-refractivity contribution in [1.29, 1.82) is 5.26 Å². The maximum atomic E-state index is 8.86. The lowest BCUT2D eigenvalue weighted by molar-refractivity contribution is -0.0757. The minimum atomic E-state index is -0.221. The van der Waals surface area contributed by atoms with Crippen LogP contribution in [0, 0.1) is 11.3 Å². The molecule has 0 saturated carbocycles. The van der Waals surface area contributed by atoms with Crippen molar-refractivity contribution in [1.82, 2.24) is 5.48 Å². The van der Waals surface area contributed by atoms with Gasteiger partial charge in [0.1, 0.15) is 0 Å². The molecule has 1 N–H and O–H groups in total. The Labute approximate surface area is 90.6 Å². The summed E-state index contributed by atoms with van der Waals surface area (Å²) in [4.78, 5) is 5.37. The molecule has 80 valence electrons. The summed E-state index contributed by atoms with van der Waals surface area (Å²) in [5.74, 6) is 0. The first-order chi connectivity index (χ1) is 7.03. The van der Waals surface area contributed by atoms with Crippen LogP contribution in [0.3, 0.4) is 0 Å². The van der Waals surface area contributed by atoms with E-state index in [0.29, 0.717) is 12.1 Å². The first-order valence-corrected chi connectivity index (χ1v) is 4.92. The highest BCUT2D eigenvalue weighted by molar-refractivity contribution is 5.36. The largest absolute Gasteiger partial charge is 0.296 e. The Morgan fingerprint density at radius 3 is 2.60 bits per heavy atom. The van der Waals surface area contributed by atoms with Gasteiger partial charge >= 0.3 is 0 Å². The number of benzene rings is 1. The van der Waals surface area contributed by atoms with Gasteiger partial charge in [-0.15, -0.1) is 0 Å². The molecule has 0 bridgehead atoms. The molecule has 0 saturated heterocycles. The van der Waals surface area contributed by atoms with Gasteiger partial charge in [-0.05, 0) is 32.4 Å². The smallest absolute Gasteiger partial charge is 0.0995 e. The molecule has 0 fully saturated rings. The summed E-state index contributed by atoms with van der Waals surface area (Å²) >= 11 is 0. The van der Waals surface area contributed by atoms with Crippen molar-refractivity contribution in [2.24, 2.45) is 0 Å². The van der Waals surface area contributed by atoms with Crippen molar-refractivity contribution in [2.75, 3.05) is 0 Å². The zero-order chi connectivity index (χ0) is 11.3. The van der Waals surface area contributed by atoms with Crippen LogP contribution in [0.5, 0.6) is 0 Å². The number of nitrogens with zero attached hydrogens (tertiary/aromatic N) is 1. The van der Waals surface area contributed by atoms with Crippen molar-refractivity contribution >= 4 is 0 Å². The number of rotatable bonds is 3. The van der Waals surface area contributed by atoms with Crippen molar-refractivity contribution < 1.29 is 4.84 Å². The molecule has 0 heterocycles. The highest BCUT2D eigenvalue weighted by Gasteiger charge is 2.10. The van der Waals surface area contributed by atoms with Crippen molar-refractivity contribution in [2.45, 2.75) is 32.9 Å². The van der Waals surface area contributed by atoms with Gasteiger partial charge in [0.2, 0.25) is 0 Å². The predicted molar refractivity (Wildman–Crippen MR) is 58.8 cm³/mol. The second-order valence-corrected chi connectivity index (χ2v) is 4.30. The molecule has 0 aromatic heterocycles. The van der Waals surface area contributed by atoms with Crippen LogP contribution in [0.4, 0.5) is 0 Å². The highest BCUT2D eigenvalue weighted by Crippen LogP contribution is 2.08. The Morgan fingerprint density at radius 1 is 1.33 bits per heavy atom. The molecule has 0 atom stereocenters. The number of hydroxylamine groups is 1. The van der Waals surface area contributed by atoms with Crippen LogP contribution >= 0.6 is 0 Å². The molecule has 0 unspecified atom stereocenters. The van der Waals surface area contributed by atoms with Crippen molar-refractivity contribution in [3.63, 3.8) is 0 Å². The van der Waals surface area contributed by atoms with Gasteiger partial charge < -0.3 is 0 Å². The second kappa shape index (κ2) is 4.92. The molecule has 0 amide bonds. The maximum Gasteiger partial charge on any atom is 0.0995 e. The molecule has 1 aromatic rings. The standard InChI is InChI=1S/C12H16N2O/c1-12(2,3)15-14-9-11-7-5-4-6-10(11)8-13/h4-7,14H,9H2,1-3H3. The van der Waals surface area contributed by atoms with Gasteiger partial charge in [0, 0.05) is 6.54 Å². The maximum absolute atomic E-state index is 8.86. The fourth-order valence-corrected chi connectivity index (χ4v) is 1.11. The Bertz CT molecular complexity index is 361. The van der Waals surface area contributed by atoms with Gasteiger partial charge in [0.05, 0.1) is 17.2 Å². The van der Waals surface area contributed by atoms with Crippen LogP contribution in [0.1, 0.15) is 31.9 Å². The fraction of sp³-hybridized carbons (Fsp3) is 0.417. The topological polar surface area (TPSA) is 45.0 Å². The summed E-state index contributed by atoms with van der Waals surface area (Å²) in [5, 5.41) is 8.86. The number of hydrogen-bond acceptors (Lipinski definition) is 3. The van der Waals surface area contributed by atoms with Crippen LogP contribution in [-0.2, 0) is 11.4 Å². The number of nitriles is 1. The fourth-order valence-electron chi connectivity index (χ4n) is 1.11. The van der Waals surface area contributed by atoms with E-state index >= 15 is 0 Å². The molecule has 0 aliphatic carbocycles. The average Bonchev–Trinajstić information content (AvgIpc) is 2.16. The zero-order valence-corrected chi connectivity index (χ0v) is 9.37. The lowest BCUT2D eigenvalue weighted by atomic mass is 10.1. The first-order valence-electron chi connectivity index (χ1n) is 4.92. The minimum Gasteiger partial charge on any atom is -0.296 e. The molecular weight excluding hydrogens is 188 g/mol. The van der Waals surface area contributed by atoms with Crippen LogP contribution in [0.2, 0.25) is 0 Å². The molecule has 1 aromatic carbocycles. The Hall–Kier alpha value is -1.37. The zero-order valence-electron chi connectivity index (χ0n) is 9.37. The van der Waals surface area contributed by atoms with E-state index < -0.39 is 0 Å². The van der Waals surface area contributed by atoms with Crippen molar-refractivity contribution in [3.8, 4) is 6.07 Å².